The number of hydrogen-bond acceptors (Lipinski definition) is 4. The van der Waals surface area contributed by atoms with Crippen molar-refractivity contribution in [3.8, 4) is 0 Å². The lowest BCUT2D eigenvalue weighted by molar-refractivity contribution is 0.0954. The highest BCUT2D eigenvalue weighted by Gasteiger charge is 2.16. The van der Waals surface area contributed by atoms with Crippen LogP contribution in [-0.4, -0.2) is 32.4 Å². The summed E-state index contributed by atoms with van der Waals surface area (Å²) in [7, 11) is -3.62. The monoisotopic (exact) mass is 367 g/mol. The van der Waals surface area contributed by atoms with Gasteiger partial charge in [0.25, 0.3) is 5.91 Å². The number of pyridine rings is 1. The van der Waals surface area contributed by atoms with Gasteiger partial charge in [0, 0.05) is 19.3 Å². The van der Waals surface area contributed by atoms with Gasteiger partial charge < -0.3 is 5.32 Å². The summed E-state index contributed by atoms with van der Waals surface area (Å²) in [5.74, 6) is -0.404. The van der Waals surface area contributed by atoms with Crippen molar-refractivity contribution in [2.45, 2.75) is 18.7 Å². The third kappa shape index (κ3) is 4.53. The quantitative estimate of drug-likeness (QED) is 0.604. The van der Waals surface area contributed by atoms with Gasteiger partial charge in [-0.1, -0.05) is 23.7 Å². The standard InChI is InChI=1S/C16H18ClN3O3S/c1-11-5-6-12(2)14(10-11)24(22,23)20-9-8-19-16(21)13-4-3-7-18-15(13)17/h3-7,10,20H,8-9H2,1-2H3,(H,19,21). The highest BCUT2D eigenvalue weighted by Crippen LogP contribution is 2.16. The highest BCUT2D eigenvalue weighted by molar-refractivity contribution is 7.89. The molecule has 2 aromatic rings. The fourth-order valence-electron chi connectivity index (χ4n) is 2.09. The summed E-state index contributed by atoms with van der Waals surface area (Å²) >= 11 is 5.83. The average Bonchev–Trinajstić information content (AvgIpc) is 2.54. The van der Waals surface area contributed by atoms with E-state index in [2.05, 4.69) is 15.0 Å². The van der Waals surface area contributed by atoms with Crippen LogP contribution in [0.5, 0.6) is 0 Å². The van der Waals surface area contributed by atoms with Crippen molar-refractivity contribution >= 4 is 27.5 Å². The fourth-order valence-corrected chi connectivity index (χ4v) is 3.65. The largest absolute Gasteiger partial charge is 0.351 e. The zero-order valence-corrected chi connectivity index (χ0v) is 14.9. The zero-order valence-electron chi connectivity index (χ0n) is 13.3. The van der Waals surface area contributed by atoms with Gasteiger partial charge in [0.15, 0.2) is 0 Å². The molecule has 0 saturated heterocycles. The first kappa shape index (κ1) is 18.4. The van der Waals surface area contributed by atoms with Gasteiger partial charge in [-0.3, -0.25) is 4.79 Å². The number of halogens is 1. The Morgan fingerprint density at radius 3 is 2.67 bits per heavy atom. The molecule has 0 radical (unpaired) electrons. The Kier molecular flexibility index (Phi) is 5.93. The zero-order chi connectivity index (χ0) is 17.7. The Morgan fingerprint density at radius 2 is 1.96 bits per heavy atom. The molecular formula is C16H18ClN3O3S. The number of rotatable bonds is 6. The molecule has 2 rings (SSSR count). The molecule has 0 fully saturated rings. The van der Waals surface area contributed by atoms with E-state index in [-0.39, 0.29) is 28.7 Å². The van der Waals surface area contributed by atoms with Gasteiger partial charge in [-0.15, -0.1) is 0 Å². The molecule has 0 unspecified atom stereocenters. The third-order valence-electron chi connectivity index (χ3n) is 3.34. The molecule has 6 nitrogen and oxygen atoms in total. The normalized spacial score (nSPS) is 11.3. The topological polar surface area (TPSA) is 88.2 Å². The maximum absolute atomic E-state index is 12.3. The van der Waals surface area contributed by atoms with E-state index in [4.69, 9.17) is 11.6 Å². The molecule has 0 aliphatic carbocycles. The number of nitrogens with zero attached hydrogens (tertiary/aromatic N) is 1. The molecule has 1 aromatic heterocycles. The van der Waals surface area contributed by atoms with Gasteiger partial charge in [-0.2, -0.15) is 0 Å². The van der Waals surface area contributed by atoms with Crippen LogP contribution in [-0.2, 0) is 10.0 Å². The lowest BCUT2D eigenvalue weighted by Gasteiger charge is -2.11. The molecule has 0 atom stereocenters. The minimum atomic E-state index is -3.62. The van der Waals surface area contributed by atoms with Crippen LogP contribution in [0.15, 0.2) is 41.4 Å². The first-order valence-electron chi connectivity index (χ1n) is 7.27. The van der Waals surface area contributed by atoms with Crippen LogP contribution in [0.4, 0.5) is 0 Å². The Morgan fingerprint density at radius 1 is 1.21 bits per heavy atom. The van der Waals surface area contributed by atoms with Crippen molar-refractivity contribution < 1.29 is 13.2 Å². The average molecular weight is 368 g/mol. The van der Waals surface area contributed by atoms with Crippen LogP contribution in [0.1, 0.15) is 21.5 Å². The van der Waals surface area contributed by atoms with Gasteiger partial charge >= 0.3 is 0 Å². The number of carbonyl (C=O) groups excluding carboxylic acids is 1. The summed E-state index contributed by atoms with van der Waals surface area (Å²) in [5.41, 5.74) is 1.77. The summed E-state index contributed by atoms with van der Waals surface area (Å²) in [6, 6.07) is 8.38. The molecule has 0 bridgehead atoms. The number of sulfonamides is 1. The number of amides is 1. The highest BCUT2D eigenvalue weighted by atomic mass is 35.5. The van der Waals surface area contributed by atoms with Gasteiger partial charge in [-0.25, -0.2) is 18.1 Å². The van der Waals surface area contributed by atoms with Crippen molar-refractivity contribution in [3.63, 3.8) is 0 Å². The SMILES string of the molecule is Cc1ccc(C)c(S(=O)(=O)NCCNC(=O)c2cccnc2Cl)c1. The second-order valence-corrected chi connectivity index (χ2v) is 7.36. The first-order chi connectivity index (χ1) is 11.3. The Bertz CT molecular complexity index is 853. The van der Waals surface area contributed by atoms with E-state index < -0.39 is 15.9 Å². The summed E-state index contributed by atoms with van der Waals surface area (Å²) in [5, 5.41) is 2.70. The molecule has 128 valence electrons. The van der Waals surface area contributed by atoms with E-state index in [9.17, 15) is 13.2 Å². The van der Waals surface area contributed by atoms with Crippen LogP contribution < -0.4 is 10.0 Å². The smallest absolute Gasteiger partial charge is 0.254 e. The van der Waals surface area contributed by atoms with E-state index in [0.717, 1.165) is 5.56 Å². The predicted molar refractivity (Wildman–Crippen MR) is 92.7 cm³/mol. The fraction of sp³-hybridized carbons (Fsp3) is 0.250. The van der Waals surface area contributed by atoms with Gasteiger partial charge in [-0.05, 0) is 43.2 Å². The van der Waals surface area contributed by atoms with E-state index in [1.807, 2.05) is 13.0 Å². The summed E-state index contributed by atoms with van der Waals surface area (Å²) in [6.45, 7) is 3.77. The second kappa shape index (κ2) is 7.74. The van der Waals surface area contributed by atoms with Gasteiger partial charge in [0.05, 0.1) is 10.5 Å². The number of hydrogen-bond donors (Lipinski definition) is 2. The van der Waals surface area contributed by atoms with Crippen molar-refractivity contribution in [1.82, 2.24) is 15.0 Å². The first-order valence-corrected chi connectivity index (χ1v) is 9.13. The lowest BCUT2D eigenvalue weighted by Crippen LogP contribution is -2.35. The molecule has 1 aromatic carbocycles. The molecular weight excluding hydrogens is 350 g/mol. The molecule has 0 aliphatic rings. The molecule has 0 aliphatic heterocycles. The molecule has 24 heavy (non-hydrogen) atoms. The van der Waals surface area contributed by atoms with Gasteiger partial charge in [0.1, 0.15) is 5.15 Å². The van der Waals surface area contributed by atoms with Crippen LogP contribution in [0.3, 0.4) is 0 Å². The van der Waals surface area contributed by atoms with Crippen LogP contribution >= 0.6 is 11.6 Å². The molecule has 1 heterocycles. The van der Waals surface area contributed by atoms with Crippen LogP contribution in [0.2, 0.25) is 5.15 Å². The van der Waals surface area contributed by atoms with Crippen molar-refractivity contribution in [3.05, 3.63) is 58.4 Å². The molecule has 2 N–H and O–H groups in total. The van der Waals surface area contributed by atoms with E-state index in [1.165, 1.54) is 6.20 Å². The minimum Gasteiger partial charge on any atom is -0.351 e. The van der Waals surface area contributed by atoms with Crippen LogP contribution in [0, 0.1) is 13.8 Å². The predicted octanol–water partition coefficient (Wildman–Crippen LogP) is 2.06. The van der Waals surface area contributed by atoms with Crippen LogP contribution in [0.25, 0.3) is 0 Å². The van der Waals surface area contributed by atoms with E-state index in [1.54, 1.807) is 31.2 Å². The van der Waals surface area contributed by atoms with Crippen molar-refractivity contribution in [1.29, 1.82) is 0 Å². The Labute approximate surface area is 146 Å². The van der Waals surface area contributed by atoms with E-state index >= 15 is 0 Å². The number of aromatic nitrogens is 1. The number of aryl methyl sites for hydroxylation is 2. The minimum absolute atomic E-state index is 0.0688. The number of benzene rings is 1. The second-order valence-electron chi connectivity index (χ2n) is 5.26. The van der Waals surface area contributed by atoms with Crippen molar-refractivity contribution in [2.75, 3.05) is 13.1 Å². The van der Waals surface area contributed by atoms with Gasteiger partial charge in [0.2, 0.25) is 10.0 Å². The maximum atomic E-state index is 12.3. The number of nitrogens with one attached hydrogen (secondary N) is 2. The summed E-state index contributed by atoms with van der Waals surface area (Å²) in [4.78, 5) is 16.0. The maximum Gasteiger partial charge on any atom is 0.254 e. The lowest BCUT2D eigenvalue weighted by atomic mass is 10.2. The molecule has 1 amide bonds. The number of carbonyl (C=O) groups is 1. The van der Waals surface area contributed by atoms with Crippen molar-refractivity contribution in [2.24, 2.45) is 0 Å². The molecule has 0 saturated carbocycles. The summed E-state index contributed by atoms with van der Waals surface area (Å²) < 4.78 is 27.1. The Hall–Kier alpha value is -1.96. The third-order valence-corrected chi connectivity index (χ3v) is 5.24. The molecule has 8 heteroatoms. The van der Waals surface area contributed by atoms with E-state index in [0.29, 0.717) is 5.56 Å². The summed E-state index contributed by atoms with van der Waals surface area (Å²) in [6.07, 6.45) is 1.48. The molecule has 0 spiro atoms. The Balaban J connectivity index is 1.93.